The van der Waals surface area contributed by atoms with Gasteiger partial charge in [-0.2, -0.15) is 0 Å². The average molecular weight is 241 g/mol. The lowest BCUT2D eigenvalue weighted by atomic mass is 10.0. The van der Waals surface area contributed by atoms with Gasteiger partial charge in [0.15, 0.2) is 0 Å². The molecule has 1 atom stereocenters. The monoisotopic (exact) mass is 241 g/mol. The molecule has 0 spiro atoms. The van der Waals surface area contributed by atoms with Gasteiger partial charge in [0.05, 0.1) is 0 Å². The summed E-state index contributed by atoms with van der Waals surface area (Å²) in [5, 5.41) is 5.28. The lowest BCUT2D eigenvalue weighted by Gasteiger charge is -2.17. The van der Waals surface area contributed by atoms with Crippen LogP contribution < -0.4 is 5.32 Å². The first-order chi connectivity index (χ1) is 8.58. The molecule has 0 saturated carbocycles. The van der Waals surface area contributed by atoms with Crippen molar-refractivity contribution in [2.75, 3.05) is 0 Å². The average Bonchev–Trinajstić information content (AvgIpc) is 2.37. The van der Waals surface area contributed by atoms with Crippen molar-refractivity contribution in [1.82, 2.24) is 5.32 Å². The maximum atomic E-state index is 12.1. The van der Waals surface area contributed by atoms with Crippen LogP contribution in [0.4, 0.5) is 0 Å². The molecule has 18 heavy (non-hydrogen) atoms. The van der Waals surface area contributed by atoms with Crippen molar-refractivity contribution in [3.63, 3.8) is 0 Å². The van der Waals surface area contributed by atoms with Gasteiger partial charge in [0.2, 0.25) is 0 Å². The van der Waals surface area contributed by atoms with E-state index in [-0.39, 0.29) is 11.9 Å². The number of fused-ring (bicyclic) bond motifs is 1. The Balaban J connectivity index is 2.23. The minimum atomic E-state index is 0.00181. The van der Waals surface area contributed by atoms with Crippen molar-refractivity contribution < 1.29 is 4.79 Å². The smallest absolute Gasteiger partial charge is 0.251 e. The Kier molecular flexibility index (Phi) is 3.66. The Labute approximate surface area is 108 Å². The summed E-state index contributed by atoms with van der Waals surface area (Å²) in [6, 6.07) is 14.1. The van der Waals surface area contributed by atoms with E-state index in [1.54, 1.807) is 0 Å². The van der Waals surface area contributed by atoms with Gasteiger partial charge in [0.1, 0.15) is 0 Å². The summed E-state index contributed by atoms with van der Waals surface area (Å²) in [4.78, 5) is 12.1. The molecule has 94 valence electrons. The van der Waals surface area contributed by atoms with Crippen LogP contribution in [0.15, 0.2) is 42.5 Å². The van der Waals surface area contributed by atoms with E-state index >= 15 is 0 Å². The van der Waals surface area contributed by atoms with Crippen molar-refractivity contribution in [2.45, 2.75) is 26.8 Å². The highest BCUT2D eigenvalue weighted by atomic mass is 16.1. The first kappa shape index (κ1) is 12.6. The van der Waals surface area contributed by atoms with Gasteiger partial charge in [-0.1, -0.05) is 44.2 Å². The number of benzene rings is 2. The summed E-state index contributed by atoms with van der Waals surface area (Å²) in [6.07, 6.45) is 0. The SMILES string of the molecule is CC(C)[C@H](C)NC(=O)c1ccc2ccccc2c1. The van der Waals surface area contributed by atoms with Crippen LogP contribution in [0.2, 0.25) is 0 Å². The van der Waals surface area contributed by atoms with Gasteiger partial charge in [-0.3, -0.25) is 4.79 Å². The van der Waals surface area contributed by atoms with Gasteiger partial charge >= 0.3 is 0 Å². The maximum Gasteiger partial charge on any atom is 0.251 e. The van der Waals surface area contributed by atoms with Crippen molar-refractivity contribution in [1.29, 1.82) is 0 Å². The molecule has 0 radical (unpaired) electrons. The molecule has 0 aliphatic carbocycles. The normalized spacial score (nSPS) is 12.7. The third kappa shape index (κ3) is 2.70. The van der Waals surface area contributed by atoms with E-state index in [4.69, 9.17) is 0 Å². The van der Waals surface area contributed by atoms with Gasteiger partial charge in [0, 0.05) is 11.6 Å². The summed E-state index contributed by atoms with van der Waals surface area (Å²) in [5.74, 6) is 0.441. The molecule has 2 aromatic carbocycles. The lowest BCUT2D eigenvalue weighted by molar-refractivity contribution is 0.0930. The summed E-state index contributed by atoms with van der Waals surface area (Å²) >= 11 is 0. The van der Waals surface area contributed by atoms with Crippen molar-refractivity contribution >= 4 is 16.7 Å². The fourth-order valence-electron chi connectivity index (χ4n) is 1.79. The minimum Gasteiger partial charge on any atom is -0.349 e. The third-order valence-electron chi connectivity index (χ3n) is 3.37. The topological polar surface area (TPSA) is 29.1 Å². The van der Waals surface area contributed by atoms with E-state index in [0.29, 0.717) is 5.92 Å². The molecular formula is C16H19NO. The second-order valence-corrected chi connectivity index (χ2v) is 5.07. The lowest BCUT2D eigenvalue weighted by Crippen LogP contribution is -2.36. The quantitative estimate of drug-likeness (QED) is 0.873. The summed E-state index contributed by atoms with van der Waals surface area (Å²) in [5.41, 5.74) is 0.723. The third-order valence-corrected chi connectivity index (χ3v) is 3.37. The fraction of sp³-hybridized carbons (Fsp3) is 0.312. The highest BCUT2D eigenvalue weighted by Crippen LogP contribution is 2.15. The van der Waals surface area contributed by atoms with Gasteiger partial charge in [-0.25, -0.2) is 0 Å². The van der Waals surface area contributed by atoms with Crippen LogP contribution in [-0.2, 0) is 0 Å². The highest BCUT2D eigenvalue weighted by Gasteiger charge is 2.12. The minimum absolute atomic E-state index is 0.00181. The van der Waals surface area contributed by atoms with Crippen LogP contribution in [0, 0.1) is 5.92 Å². The Morgan fingerprint density at radius 2 is 1.67 bits per heavy atom. The van der Waals surface area contributed by atoms with Crippen LogP contribution in [0.3, 0.4) is 0 Å². The molecule has 0 fully saturated rings. The molecule has 0 bridgehead atoms. The Morgan fingerprint density at radius 1 is 1.00 bits per heavy atom. The molecule has 0 aliphatic heterocycles. The Hall–Kier alpha value is -1.83. The van der Waals surface area contributed by atoms with E-state index in [1.807, 2.05) is 49.4 Å². The van der Waals surface area contributed by atoms with Gasteiger partial charge < -0.3 is 5.32 Å². The van der Waals surface area contributed by atoms with Crippen LogP contribution >= 0.6 is 0 Å². The van der Waals surface area contributed by atoms with Crippen LogP contribution in [-0.4, -0.2) is 11.9 Å². The molecule has 2 aromatic rings. The van der Waals surface area contributed by atoms with E-state index in [0.717, 1.165) is 16.3 Å². The van der Waals surface area contributed by atoms with Gasteiger partial charge in [-0.15, -0.1) is 0 Å². The zero-order valence-electron chi connectivity index (χ0n) is 11.1. The standard InChI is InChI=1S/C16H19NO/c1-11(2)12(3)17-16(18)15-9-8-13-6-4-5-7-14(13)10-15/h4-12H,1-3H3,(H,17,18)/t12-/m0/s1. The maximum absolute atomic E-state index is 12.1. The Bertz CT molecular complexity index is 560. The van der Waals surface area contributed by atoms with E-state index < -0.39 is 0 Å². The highest BCUT2D eigenvalue weighted by molar-refractivity contribution is 5.98. The zero-order valence-corrected chi connectivity index (χ0v) is 11.1. The summed E-state index contributed by atoms with van der Waals surface area (Å²) < 4.78 is 0. The van der Waals surface area contributed by atoms with Gasteiger partial charge in [0.25, 0.3) is 5.91 Å². The molecule has 1 N–H and O–H groups in total. The molecule has 0 aromatic heterocycles. The first-order valence-electron chi connectivity index (χ1n) is 6.37. The number of hydrogen-bond acceptors (Lipinski definition) is 1. The fourth-order valence-corrected chi connectivity index (χ4v) is 1.79. The summed E-state index contributed by atoms with van der Waals surface area (Å²) in [7, 11) is 0. The Morgan fingerprint density at radius 3 is 2.33 bits per heavy atom. The summed E-state index contributed by atoms with van der Waals surface area (Å²) in [6.45, 7) is 6.24. The zero-order chi connectivity index (χ0) is 13.1. The van der Waals surface area contributed by atoms with Crippen molar-refractivity contribution in [3.8, 4) is 0 Å². The van der Waals surface area contributed by atoms with E-state index in [1.165, 1.54) is 0 Å². The second-order valence-electron chi connectivity index (χ2n) is 5.07. The van der Waals surface area contributed by atoms with E-state index in [2.05, 4.69) is 19.2 Å². The first-order valence-corrected chi connectivity index (χ1v) is 6.37. The predicted molar refractivity (Wildman–Crippen MR) is 75.7 cm³/mol. The molecule has 1 amide bonds. The number of rotatable bonds is 3. The van der Waals surface area contributed by atoms with Crippen LogP contribution in [0.25, 0.3) is 10.8 Å². The number of nitrogens with one attached hydrogen (secondary N) is 1. The largest absolute Gasteiger partial charge is 0.349 e. The second kappa shape index (κ2) is 5.21. The van der Waals surface area contributed by atoms with E-state index in [9.17, 15) is 4.79 Å². The van der Waals surface area contributed by atoms with Crippen LogP contribution in [0.1, 0.15) is 31.1 Å². The molecule has 0 unspecified atom stereocenters. The number of hydrogen-bond donors (Lipinski definition) is 1. The molecule has 2 nitrogen and oxygen atoms in total. The molecule has 0 saturated heterocycles. The molecule has 2 heteroatoms. The number of carbonyl (C=O) groups is 1. The van der Waals surface area contributed by atoms with Crippen molar-refractivity contribution in [3.05, 3.63) is 48.0 Å². The molecule has 0 heterocycles. The molecule has 2 rings (SSSR count). The number of carbonyl (C=O) groups excluding carboxylic acids is 1. The number of amides is 1. The van der Waals surface area contributed by atoms with Gasteiger partial charge in [-0.05, 0) is 35.7 Å². The van der Waals surface area contributed by atoms with Crippen LogP contribution in [0.5, 0.6) is 0 Å². The predicted octanol–water partition coefficient (Wildman–Crippen LogP) is 3.61. The molecular weight excluding hydrogens is 222 g/mol. The molecule has 0 aliphatic rings. The van der Waals surface area contributed by atoms with Crippen molar-refractivity contribution in [2.24, 2.45) is 5.92 Å².